The van der Waals surface area contributed by atoms with Crippen LogP contribution in [0.3, 0.4) is 0 Å². The molecule has 1 saturated carbocycles. The molecular weight excluding hydrogens is 168 g/mol. The van der Waals surface area contributed by atoms with Crippen LogP contribution < -0.4 is 0 Å². The highest BCUT2D eigenvalue weighted by atomic mass is 16.5. The Morgan fingerprint density at radius 1 is 1.62 bits per heavy atom. The summed E-state index contributed by atoms with van der Waals surface area (Å²) < 4.78 is 10.7. The lowest BCUT2D eigenvalue weighted by Crippen LogP contribution is -2.36. The van der Waals surface area contributed by atoms with Crippen LogP contribution in [0.1, 0.15) is 32.6 Å². The number of fused-ring (bicyclic) bond motifs is 1. The van der Waals surface area contributed by atoms with Gasteiger partial charge in [-0.1, -0.05) is 0 Å². The van der Waals surface area contributed by atoms with Crippen molar-refractivity contribution in [2.75, 3.05) is 13.2 Å². The van der Waals surface area contributed by atoms with E-state index in [2.05, 4.69) is 0 Å². The van der Waals surface area contributed by atoms with Crippen LogP contribution in [0.2, 0.25) is 0 Å². The molecule has 0 radical (unpaired) electrons. The second-order valence-corrected chi connectivity index (χ2v) is 3.88. The van der Waals surface area contributed by atoms with Crippen LogP contribution in [0.5, 0.6) is 0 Å². The fourth-order valence-corrected chi connectivity index (χ4v) is 2.56. The minimum Gasteiger partial charge on any atom is -0.465 e. The summed E-state index contributed by atoms with van der Waals surface area (Å²) in [6.45, 7) is 3.06. The molecule has 2 atom stereocenters. The third kappa shape index (κ3) is 1.26. The molecule has 0 spiro atoms. The summed E-state index contributed by atoms with van der Waals surface area (Å²) in [7, 11) is 0. The molecular formula is C10H16O3. The van der Waals surface area contributed by atoms with Gasteiger partial charge in [0, 0.05) is 6.61 Å². The zero-order valence-corrected chi connectivity index (χ0v) is 8.04. The Bertz CT molecular complexity index is 202. The van der Waals surface area contributed by atoms with E-state index in [0.717, 1.165) is 32.3 Å². The number of hydrogen-bond donors (Lipinski definition) is 0. The van der Waals surface area contributed by atoms with Gasteiger partial charge in [-0.05, 0) is 32.6 Å². The normalized spacial score (nSPS) is 37.5. The Kier molecular flexibility index (Phi) is 2.28. The maximum absolute atomic E-state index is 11.7. The number of esters is 1. The van der Waals surface area contributed by atoms with E-state index in [0.29, 0.717) is 6.61 Å². The standard InChI is InChI=1S/C10H16O3/c1-2-12-9(11)10-5-3-4-8(10)13-7-6-10/h8H,2-7H2,1H3/t8-,10-/m0/s1. The van der Waals surface area contributed by atoms with Crippen molar-refractivity contribution in [1.29, 1.82) is 0 Å². The van der Waals surface area contributed by atoms with Gasteiger partial charge in [0.2, 0.25) is 0 Å². The second kappa shape index (κ2) is 3.29. The Morgan fingerprint density at radius 2 is 2.46 bits per heavy atom. The smallest absolute Gasteiger partial charge is 0.314 e. The minimum absolute atomic E-state index is 0.0324. The van der Waals surface area contributed by atoms with E-state index in [1.54, 1.807) is 0 Å². The Balaban J connectivity index is 2.12. The largest absolute Gasteiger partial charge is 0.465 e. The molecule has 1 aliphatic heterocycles. The molecule has 2 rings (SSSR count). The van der Waals surface area contributed by atoms with Crippen molar-refractivity contribution in [3.8, 4) is 0 Å². The summed E-state index contributed by atoms with van der Waals surface area (Å²) in [6.07, 6.45) is 4.08. The molecule has 1 saturated heterocycles. The number of carbonyl (C=O) groups is 1. The summed E-state index contributed by atoms with van der Waals surface area (Å²) in [6, 6.07) is 0. The Hall–Kier alpha value is -0.570. The van der Waals surface area contributed by atoms with Gasteiger partial charge in [0.25, 0.3) is 0 Å². The molecule has 0 aromatic heterocycles. The average Bonchev–Trinajstić information content (AvgIpc) is 2.61. The van der Waals surface area contributed by atoms with Crippen molar-refractivity contribution in [3.63, 3.8) is 0 Å². The Labute approximate surface area is 78.4 Å². The highest BCUT2D eigenvalue weighted by Gasteiger charge is 2.53. The van der Waals surface area contributed by atoms with Crippen molar-refractivity contribution in [3.05, 3.63) is 0 Å². The van der Waals surface area contributed by atoms with Crippen LogP contribution in [0.15, 0.2) is 0 Å². The quantitative estimate of drug-likeness (QED) is 0.610. The van der Waals surface area contributed by atoms with Crippen LogP contribution >= 0.6 is 0 Å². The lowest BCUT2D eigenvalue weighted by Gasteiger charge is -2.24. The molecule has 0 aromatic carbocycles. The van der Waals surface area contributed by atoms with E-state index in [1.165, 1.54) is 0 Å². The van der Waals surface area contributed by atoms with Crippen molar-refractivity contribution in [2.24, 2.45) is 5.41 Å². The molecule has 0 bridgehead atoms. The van der Waals surface area contributed by atoms with Gasteiger partial charge >= 0.3 is 5.97 Å². The highest BCUT2D eigenvalue weighted by molar-refractivity contribution is 5.78. The first-order valence-electron chi connectivity index (χ1n) is 5.08. The molecule has 13 heavy (non-hydrogen) atoms. The summed E-state index contributed by atoms with van der Waals surface area (Å²) in [5, 5.41) is 0. The molecule has 0 aromatic rings. The molecule has 0 unspecified atom stereocenters. The maximum atomic E-state index is 11.7. The van der Waals surface area contributed by atoms with Crippen molar-refractivity contribution in [1.82, 2.24) is 0 Å². The van der Waals surface area contributed by atoms with Gasteiger partial charge in [0.15, 0.2) is 0 Å². The molecule has 2 aliphatic rings. The van der Waals surface area contributed by atoms with Crippen LogP contribution in [0.25, 0.3) is 0 Å². The molecule has 1 aliphatic carbocycles. The zero-order valence-electron chi connectivity index (χ0n) is 8.04. The third-order valence-electron chi connectivity index (χ3n) is 3.25. The molecule has 3 heteroatoms. The van der Waals surface area contributed by atoms with Crippen molar-refractivity contribution < 1.29 is 14.3 Å². The number of hydrogen-bond acceptors (Lipinski definition) is 3. The first-order chi connectivity index (χ1) is 6.29. The van der Waals surface area contributed by atoms with Gasteiger partial charge in [-0.15, -0.1) is 0 Å². The van der Waals surface area contributed by atoms with E-state index in [1.807, 2.05) is 6.92 Å². The topological polar surface area (TPSA) is 35.5 Å². The average molecular weight is 184 g/mol. The minimum atomic E-state index is -0.268. The number of rotatable bonds is 2. The van der Waals surface area contributed by atoms with Gasteiger partial charge in [0.05, 0.1) is 18.1 Å². The van der Waals surface area contributed by atoms with Gasteiger partial charge in [0.1, 0.15) is 0 Å². The van der Waals surface area contributed by atoms with E-state index in [-0.39, 0.29) is 17.5 Å². The van der Waals surface area contributed by atoms with Gasteiger partial charge < -0.3 is 9.47 Å². The molecule has 3 nitrogen and oxygen atoms in total. The van der Waals surface area contributed by atoms with Gasteiger partial charge in [-0.25, -0.2) is 0 Å². The van der Waals surface area contributed by atoms with Gasteiger partial charge in [-0.3, -0.25) is 4.79 Å². The fourth-order valence-electron chi connectivity index (χ4n) is 2.56. The first-order valence-corrected chi connectivity index (χ1v) is 5.08. The summed E-state index contributed by atoms with van der Waals surface area (Å²) in [5.74, 6) is -0.0324. The SMILES string of the molecule is CCOC(=O)[C@]12CCC[C@@H]1OCC2. The van der Waals surface area contributed by atoms with E-state index < -0.39 is 0 Å². The summed E-state index contributed by atoms with van der Waals surface area (Å²) in [5.41, 5.74) is -0.268. The van der Waals surface area contributed by atoms with Crippen molar-refractivity contribution >= 4 is 5.97 Å². The lowest BCUT2D eigenvalue weighted by atomic mass is 9.83. The second-order valence-electron chi connectivity index (χ2n) is 3.88. The van der Waals surface area contributed by atoms with Crippen LogP contribution in [0, 0.1) is 5.41 Å². The summed E-state index contributed by atoms with van der Waals surface area (Å²) >= 11 is 0. The molecule has 74 valence electrons. The number of carbonyl (C=O) groups excluding carboxylic acids is 1. The van der Waals surface area contributed by atoms with Crippen LogP contribution in [0.4, 0.5) is 0 Å². The summed E-state index contributed by atoms with van der Waals surface area (Å²) in [4.78, 5) is 11.7. The van der Waals surface area contributed by atoms with E-state index in [9.17, 15) is 4.79 Å². The predicted molar refractivity (Wildman–Crippen MR) is 47.3 cm³/mol. The molecule has 1 heterocycles. The lowest BCUT2D eigenvalue weighted by molar-refractivity contribution is -0.157. The predicted octanol–water partition coefficient (Wildman–Crippen LogP) is 1.51. The van der Waals surface area contributed by atoms with Gasteiger partial charge in [-0.2, -0.15) is 0 Å². The number of ether oxygens (including phenoxy) is 2. The monoisotopic (exact) mass is 184 g/mol. The zero-order chi connectivity index (χ0) is 9.31. The van der Waals surface area contributed by atoms with E-state index >= 15 is 0 Å². The molecule has 0 amide bonds. The third-order valence-corrected chi connectivity index (χ3v) is 3.25. The maximum Gasteiger partial charge on any atom is 0.314 e. The fraction of sp³-hybridized carbons (Fsp3) is 0.900. The first kappa shape index (κ1) is 9.00. The van der Waals surface area contributed by atoms with E-state index in [4.69, 9.17) is 9.47 Å². The Morgan fingerprint density at radius 3 is 3.23 bits per heavy atom. The molecule has 2 fully saturated rings. The van der Waals surface area contributed by atoms with Crippen molar-refractivity contribution in [2.45, 2.75) is 38.7 Å². The highest BCUT2D eigenvalue weighted by Crippen LogP contribution is 2.48. The van der Waals surface area contributed by atoms with Crippen LogP contribution in [-0.4, -0.2) is 25.3 Å². The van der Waals surface area contributed by atoms with Crippen LogP contribution in [-0.2, 0) is 14.3 Å². The molecule has 0 N–H and O–H groups in total.